The van der Waals surface area contributed by atoms with E-state index in [1.807, 2.05) is 38.6 Å². The molecular weight excluding hydrogens is 292 g/mol. The summed E-state index contributed by atoms with van der Waals surface area (Å²) in [6, 6.07) is 2.28. The second-order valence-corrected chi connectivity index (χ2v) is 7.36. The van der Waals surface area contributed by atoms with Crippen molar-refractivity contribution < 1.29 is 9.53 Å². The van der Waals surface area contributed by atoms with Gasteiger partial charge < -0.3 is 15.4 Å². The number of alkyl carbamates (subject to hydrolysis) is 1. The van der Waals surface area contributed by atoms with Crippen LogP contribution in [0.5, 0.6) is 0 Å². The summed E-state index contributed by atoms with van der Waals surface area (Å²) in [6.45, 7) is 6.98. The third-order valence-corrected chi connectivity index (χ3v) is 4.30. The molecule has 1 atom stereocenters. The summed E-state index contributed by atoms with van der Waals surface area (Å²) in [5, 5.41) is 10.7. The van der Waals surface area contributed by atoms with Crippen molar-refractivity contribution in [2.45, 2.75) is 64.6 Å². The van der Waals surface area contributed by atoms with Crippen LogP contribution in [0.3, 0.4) is 0 Å². The number of rotatable bonds is 6. The fraction of sp³-hybridized carbons (Fsp3) is 0.765. The number of hydrogen-bond donors (Lipinski definition) is 2. The van der Waals surface area contributed by atoms with E-state index in [1.54, 1.807) is 6.20 Å². The monoisotopic (exact) mass is 322 g/mol. The average Bonchev–Trinajstić information content (AvgIpc) is 3.09. The Balaban J connectivity index is 1.87. The lowest BCUT2D eigenvalue weighted by Gasteiger charge is -2.26. The molecule has 1 heterocycles. The van der Waals surface area contributed by atoms with Crippen LogP contribution in [0.2, 0.25) is 0 Å². The van der Waals surface area contributed by atoms with Gasteiger partial charge in [0.15, 0.2) is 0 Å². The van der Waals surface area contributed by atoms with Gasteiger partial charge in [0.2, 0.25) is 0 Å². The maximum absolute atomic E-state index is 11.9. The van der Waals surface area contributed by atoms with E-state index < -0.39 is 5.60 Å². The van der Waals surface area contributed by atoms with Gasteiger partial charge in [0.05, 0.1) is 5.69 Å². The quantitative estimate of drug-likeness (QED) is 0.845. The van der Waals surface area contributed by atoms with E-state index in [0.29, 0.717) is 12.5 Å². The highest BCUT2D eigenvalue weighted by Crippen LogP contribution is 2.27. The van der Waals surface area contributed by atoms with Crippen molar-refractivity contribution in [2.24, 2.45) is 13.0 Å². The molecule has 0 aromatic carbocycles. The van der Waals surface area contributed by atoms with Crippen LogP contribution in [0.4, 0.5) is 4.79 Å². The zero-order valence-electron chi connectivity index (χ0n) is 14.8. The van der Waals surface area contributed by atoms with Gasteiger partial charge in [-0.3, -0.25) is 4.68 Å². The fourth-order valence-electron chi connectivity index (χ4n) is 3.08. The Hall–Kier alpha value is -1.56. The maximum atomic E-state index is 11.9. The van der Waals surface area contributed by atoms with Crippen LogP contribution in [0.25, 0.3) is 0 Å². The molecule has 1 saturated carbocycles. The summed E-state index contributed by atoms with van der Waals surface area (Å²) in [4.78, 5) is 11.9. The van der Waals surface area contributed by atoms with Gasteiger partial charge >= 0.3 is 6.09 Å². The average molecular weight is 322 g/mol. The summed E-state index contributed by atoms with van der Waals surface area (Å²) >= 11 is 0. The Bertz CT molecular complexity index is 501. The number of nitrogens with one attached hydrogen (secondary N) is 2. The summed E-state index contributed by atoms with van der Waals surface area (Å²) < 4.78 is 7.20. The molecule has 1 fully saturated rings. The number of carbonyl (C=O) groups excluding carboxylic acids is 1. The number of ether oxygens (including phenoxy) is 1. The van der Waals surface area contributed by atoms with Crippen molar-refractivity contribution in [3.63, 3.8) is 0 Å². The topological polar surface area (TPSA) is 68.2 Å². The second kappa shape index (κ2) is 7.81. The largest absolute Gasteiger partial charge is 0.444 e. The molecule has 0 spiro atoms. The van der Waals surface area contributed by atoms with Crippen molar-refractivity contribution in [2.75, 3.05) is 6.54 Å². The molecule has 1 aliphatic rings. The fourth-order valence-corrected chi connectivity index (χ4v) is 3.08. The predicted octanol–water partition coefficient (Wildman–Crippen LogP) is 2.59. The Morgan fingerprint density at radius 3 is 2.70 bits per heavy atom. The molecule has 2 rings (SSSR count). The van der Waals surface area contributed by atoms with Gasteiger partial charge in [-0.1, -0.05) is 12.8 Å². The van der Waals surface area contributed by atoms with Gasteiger partial charge in [0, 0.05) is 32.4 Å². The van der Waals surface area contributed by atoms with Crippen LogP contribution < -0.4 is 10.6 Å². The molecule has 6 heteroatoms. The summed E-state index contributed by atoms with van der Waals surface area (Å²) in [6.07, 6.45) is 6.46. The zero-order valence-corrected chi connectivity index (χ0v) is 14.8. The first kappa shape index (κ1) is 17.8. The van der Waals surface area contributed by atoms with Gasteiger partial charge in [-0.15, -0.1) is 0 Å². The first-order valence-corrected chi connectivity index (χ1v) is 8.52. The summed E-state index contributed by atoms with van der Waals surface area (Å²) in [5.74, 6) is 0.609. The van der Waals surface area contributed by atoms with Gasteiger partial charge in [0.25, 0.3) is 0 Å². The number of hydrogen-bond acceptors (Lipinski definition) is 4. The summed E-state index contributed by atoms with van der Waals surface area (Å²) in [7, 11) is 1.94. The standard InChI is InChI=1S/C17H30N4O2/c1-17(2,3)23-16(22)19-12-15(13-7-5-6-8-13)18-11-14-9-10-20-21(14)4/h9-10,13,15,18H,5-8,11-12H2,1-4H3,(H,19,22)/t15-/m0/s1. The Morgan fingerprint density at radius 2 is 2.13 bits per heavy atom. The summed E-state index contributed by atoms with van der Waals surface area (Å²) in [5.41, 5.74) is 0.681. The molecule has 0 radical (unpaired) electrons. The van der Waals surface area contributed by atoms with E-state index in [9.17, 15) is 4.79 Å². The number of nitrogens with zero attached hydrogens (tertiary/aromatic N) is 2. The van der Waals surface area contributed by atoms with Crippen molar-refractivity contribution in [3.05, 3.63) is 18.0 Å². The zero-order chi connectivity index (χ0) is 16.9. The van der Waals surface area contributed by atoms with Gasteiger partial charge in [0.1, 0.15) is 5.60 Å². The molecule has 0 unspecified atom stereocenters. The lowest BCUT2D eigenvalue weighted by Crippen LogP contribution is -2.46. The molecule has 2 N–H and O–H groups in total. The van der Waals surface area contributed by atoms with E-state index in [2.05, 4.69) is 15.7 Å². The third-order valence-electron chi connectivity index (χ3n) is 4.30. The highest BCUT2D eigenvalue weighted by atomic mass is 16.6. The van der Waals surface area contributed by atoms with E-state index in [1.165, 1.54) is 25.7 Å². The van der Waals surface area contributed by atoms with Crippen molar-refractivity contribution >= 4 is 6.09 Å². The maximum Gasteiger partial charge on any atom is 0.407 e. The highest BCUT2D eigenvalue weighted by molar-refractivity contribution is 5.67. The number of aryl methyl sites for hydroxylation is 1. The predicted molar refractivity (Wildman–Crippen MR) is 90.0 cm³/mol. The van der Waals surface area contributed by atoms with Crippen LogP contribution in [0.1, 0.15) is 52.1 Å². The molecule has 23 heavy (non-hydrogen) atoms. The first-order valence-electron chi connectivity index (χ1n) is 8.52. The third kappa shape index (κ3) is 5.86. The number of amides is 1. The molecule has 6 nitrogen and oxygen atoms in total. The van der Waals surface area contributed by atoms with Gasteiger partial charge in [-0.2, -0.15) is 5.10 Å². The number of aromatic nitrogens is 2. The van der Waals surface area contributed by atoms with Crippen LogP contribution in [0.15, 0.2) is 12.3 Å². The minimum absolute atomic E-state index is 0.264. The smallest absolute Gasteiger partial charge is 0.407 e. The molecule has 0 bridgehead atoms. The van der Waals surface area contributed by atoms with Crippen LogP contribution in [0, 0.1) is 5.92 Å². The molecule has 1 aromatic rings. The Labute approximate surface area is 139 Å². The molecule has 0 saturated heterocycles. The van der Waals surface area contributed by atoms with Crippen molar-refractivity contribution in [1.82, 2.24) is 20.4 Å². The van der Waals surface area contributed by atoms with E-state index >= 15 is 0 Å². The van der Waals surface area contributed by atoms with Crippen LogP contribution >= 0.6 is 0 Å². The minimum atomic E-state index is -0.463. The lowest BCUT2D eigenvalue weighted by atomic mass is 9.98. The minimum Gasteiger partial charge on any atom is -0.444 e. The van der Waals surface area contributed by atoms with Gasteiger partial charge in [-0.25, -0.2) is 4.79 Å². The Morgan fingerprint density at radius 1 is 1.43 bits per heavy atom. The molecule has 1 aliphatic carbocycles. The first-order chi connectivity index (χ1) is 10.8. The molecule has 0 aliphatic heterocycles. The molecule has 130 valence electrons. The molecule has 1 amide bonds. The van der Waals surface area contributed by atoms with Gasteiger partial charge in [-0.05, 0) is 45.6 Å². The van der Waals surface area contributed by atoms with Crippen LogP contribution in [-0.4, -0.2) is 34.1 Å². The van der Waals surface area contributed by atoms with Crippen LogP contribution in [-0.2, 0) is 18.3 Å². The van der Waals surface area contributed by atoms with Crippen molar-refractivity contribution in [1.29, 1.82) is 0 Å². The molecule has 1 aromatic heterocycles. The van der Waals surface area contributed by atoms with E-state index in [4.69, 9.17) is 4.74 Å². The highest BCUT2D eigenvalue weighted by Gasteiger charge is 2.26. The molecular formula is C17H30N4O2. The van der Waals surface area contributed by atoms with Crippen molar-refractivity contribution in [3.8, 4) is 0 Å². The van der Waals surface area contributed by atoms with E-state index in [0.717, 1.165) is 12.2 Å². The number of carbonyl (C=O) groups is 1. The Kier molecular flexibility index (Phi) is 6.04. The SMILES string of the molecule is Cn1nccc1CN[C@@H](CNC(=O)OC(C)(C)C)C1CCCC1. The lowest BCUT2D eigenvalue weighted by molar-refractivity contribution is 0.0518. The normalized spacial score (nSPS) is 17.2. The second-order valence-electron chi connectivity index (χ2n) is 7.36. The van der Waals surface area contributed by atoms with E-state index in [-0.39, 0.29) is 12.1 Å².